The minimum Gasteiger partial charge on any atom is -0.312 e. The maximum atomic E-state index is 6.02. The Balaban J connectivity index is 2.42. The Morgan fingerprint density at radius 1 is 1.26 bits per heavy atom. The Labute approximate surface area is 123 Å². The molecule has 0 fully saturated rings. The van der Waals surface area contributed by atoms with Gasteiger partial charge in [-0.25, -0.2) is 0 Å². The van der Waals surface area contributed by atoms with Crippen molar-refractivity contribution < 1.29 is 0 Å². The molecule has 0 aliphatic heterocycles. The van der Waals surface area contributed by atoms with Gasteiger partial charge in [0.2, 0.25) is 0 Å². The van der Waals surface area contributed by atoms with E-state index < -0.39 is 0 Å². The van der Waals surface area contributed by atoms with Crippen LogP contribution in [0.3, 0.4) is 0 Å². The van der Waals surface area contributed by atoms with E-state index in [0.29, 0.717) is 12.1 Å². The fourth-order valence-electron chi connectivity index (χ4n) is 2.15. The molecule has 3 heteroatoms. The van der Waals surface area contributed by atoms with Crippen molar-refractivity contribution in [2.75, 3.05) is 13.6 Å². The van der Waals surface area contributed by atoms with Gasteiger partial charge in [0, 0.05) is 30.2 Å². The number of rotatable bonds is 8. The summed E-state index contributed by atoms with van der Waals surface area (Å²) in [6.45, 7) is 8.71. The molecule has 0 spiro atoms. The lowest BCUT2D eigenvalue weighted by molar-refractivity contribution is 0.235. The fourth-order valence-corrected chi connectivity index (χ4v) is 2.36. The quantitative estimate of drug-likeness (QED) is 0.777. The highest BCUT2D eigenvalue weighted by molar-refractivity contribution is 6.30. The monoisotopic (exact) mass is 282 g/mol. The molecule has 2 nitrogen and oxygen atoms in total. The molecule has 0 aliphatic carbocycles. The number of likely N-dealkylation sites (N-methyl/N-ethyl adjacent to an activating group) is 1. The van der Waals surface area contributed by atoms with E-state index in [-0.39, 0.29) is 0 Å². The van der Waals surface area contributed by atoms with E-state index in [1.54, 1.807) is 0 Å². The van der Waals surface area contributed by atoms with Gasteiger partial charge < -0.3 is 5.32 Å². The molecule has 1 N–H and O–H groups in total. The second-order valence-electron chi connectivity index (χ2n) is 5.32. The van der Waals surface area contributed by atoms with Crippen LogP contribution in [0, 0.1) is 0 Å². The molecule has 1 aromatic rings. The van der Waals surface area contributed by atoms with Gasteiger partial charge in [-0.05, 0) is 44.5 Å². The van der Waals surface area contributed by atoms with Crippen LogP contribution in [0.2, 0.25) is 5.02 Å². The molecule has 0 aliphatic rings. The van der Waals surface area contributed by atoms with Crippen molar-refractivity contribution in [3.05, 3.63) is 34.9 Å². The highest BCUT2D eigenvalue weighted by Gasteiger charge is 2.11. The number of halogens is 1. The van der Waals surface area contributed by atoms with Crippen LogP contribution in [0.25, 0.3) is 0 Å². The predicted octanol–water partition coefficient (Wildman–Crippen LogP) is 3.94. The van der Waals surface area contributed by atoms with Gasteiger partial charge in [0.1, 0.15) is 0 Å². The Kier molecular flexibility index (Phi) is 7.44. The van der Waals surface area contributed by atoms with Gasteiger partial charge >= 0.3 is 0 Å². The largest absolute Gasteiger partial charge is 0.312 e. The molecule has 1 unspecified atom stereocenters. The number of hydrogen-bond donors (Lipinski definition) is 1. The van der Waals surface area contributed by atoms with Crippen molar-refractivity contribution in [1.29, 1.82) is 0 Å². The third-order valence-corrected chi connectivity index (χ3v) is 4.00. The Morgan fingerprint density at radius 3 is 2.53 bits per heavy atom. The molecule has 108 valence electrons. The molecule has 1 aromatic carbocycles. The molecule has 19 heavy (non-hydrogen) atoms. The molecule has 0 saturated carbocycles. The van der Waals surface area contributed by atoms with Crippen LogP contribution in [-0.2, 0) is 6.54 Å². The molecular formula is C16H27ClN2. The highest BCUT2D eigenvalue weighted by atomic mass is 35.5. The molecular weight excluding hydrogens is 256 g/mol. The SMILES string of the molecule is CCC(CC)NCC(C)N(C)Cc1cccc(Cl)c1. The molecule has 0 heterocycles. The van der Waals surface area contributed by atoms with E-state index in [1.165, 1.54) is 18.4 Å². The lowest BCUT2D eigenvalue weighted by Crippen LogP contribution is -2.41. The summed E-state index contributed by atoms with van der Waals surface area (Å²) < 4.78 is 0. The van der Waals surface area contributed by atoms with E-state index >= 15 is 0 Å². The van der Waals surface area contributed by atoms with Gasteiger partial charge in [0.05, 0.1) is 0 Å². The lowest BCUT2D eigenvalue weighted by atomic mass is 10.1. The Hall–Kier alpha value is -0.570. The smallest absolute Gasteiger partial charge is 0.0409 e. The predicted molar refractivity (Wildman–Crippen MR) is 84.8 cm³/mol. The highest BCUT2D eigenvalue weighted by Crippen LogP contribution is 2.13. The first kappa shape index (κ1) is 16.5. The normalized spacial score (nSPS) is 13.2. The average Bonchev–Trinajstić information content (AvgIpc) is 2.39. The molecule has 1 rings (SSSR count). The fraction of sp³-hybridized carbons (Fsp3) is 0.625. The minimum atomic E-state index is 0.514. The number of benzene rings is 1. The van der Waals surface area contributed by atoms with E-state index in [9.17, 15) is 0 Å². The Morgan fingerprint density at radius 2 is 1.95 bits per heavy atom. The summed E-state index contributed by atoms with van der Waals surface area (Å²) in [4.78, 5) is 2.36. The average molecular weight is 283 g/mol. The van der Waals surface area contributed by atoms with Crippen LogP contribution in [-0.4, -0.2) is 30.6 Å². The van der Waals surface area contributed by atoms with Crippen molar-refractivity contribution in [3.8, 4) is 0 Å². The zero-order valence-electron chi connectivity index (χ0n) is 12.6. The Bertz CT molecular complexity index is 364. The van der Waals surface area contributed by atoms with Crippen LogP contribution in [0.4, 0.5) is 0 Å². The zero-order chi connectivity index (χ0) is 14.3. The number of nitrogens with zero attached hydrogens (tertiary/aromatic N) is 1. The molecule has 0 amide bonds. The second kappa shape index (κ2) is 8.57. The molecule has 0 saturated heterocycles. The first-order valence-corrected chi connectivity index (χ1v) is 7.62. The third-order valence-electron chi connectivity index (χ3n) is 3.76. The van der Waals surface area contributed by atoms with Gasteiger partial charge in [-0.3, -0.25) is 4.90 Å². The van der Waals surface area contributed by atoms with Crippen molar-refractivity contribution in [1.82, 2.24) is 10.2 Å². The van der Waals surface area contributed by atoms with E-state index in [0.717, 1.165) is 18.1 Å². The maximum Gasteiger partial charge on any atom is 0.0409 e. The van der Waals surface area contributed by atoms with Crippen molar-refractivity contribution >= 4 is 11.6 Å². The van der Waals surface area contributed by atoms with Gasteiger partial charge in [-0.15, -0.1) is 0 Å². The van der Waals surface area contributed by atoms with Crippen molar-refractivity contribution in [3.63, 3.8) is 0 Å². The minimum absolute atomic E-state index is 0.514. The molecule has 1 atom stereocenters. The number of hydrogen-bond acceptors (Lipinski definition) is 2. The summed E-state index contributed by atoms with van der Waals surface area (Å²) >= 11 is 6.02. The van der Waals surface area contributed by atoms with Crippen LogP contribution < -0.4 is 5.32 Å². The van der Waals surface area contributed by atoms with Gasteiger partial charge in [0.25, 0.3) is 0 Å². The summed E-state index contributed by atoms with van der Waals surface area (Å²) in [5.74, 6) is 0. The van der Waals surface area contributed by atoms with Gasteiger partial charge in [-0.2, -0.15) is 0 Å². The summed E-state index contributed by atoms with van der Waals surface area (Å²) in [7, 11) is 2.17. The third kappa shape index (κ3) is 5.94. The van der Waals surface area contributed by atoms with Crippen molar-refractivity contribution in [2.45, 2.75) is 52.2 Å². The zero-order valence-corrected chi connectivity index (χ0v) is 13.4. The van der Waals surface area contributed by atoms with Crippen molar-refractivity contribution in [2.24, 2.45) is 0 Å². The van der Waals surface area contributed by atoms with E-state index in [4.69, 9.17) is 11.6 Å². The summed E-state index contributed by atoms with van der Waals surface area (Å²) in [5, 5.41) is 4.44. The van der Waals surface area contributed by atoms with Crippen LogP contribution in [0.5, 0.6) is 0 Å². The maximum absolute atomic E-state index is 6.02. The van der Waals surface area contributed by atoms with Crippen LogP contribution in [0.1, 0.15) is 39.2 Å². The first-order valence-electron chi connectivity index (χ1n) is 7.24. The molecule has 0 bridgehead atoms. The summed E-state index contributed by atoms with van der Waals surface area (Å²) in [6, 6.07) is 9.26. The standard InChI is InChI=1S/C16H27ClN2/c1-5-16(6-2)18-11-13(3)19(4)12-14-8-7-9-15(17)10-14/h7-10,13,16,18H,5-6,11-12H2,1-4H3. The van der Waals surface area contributed by atoms with Crippen LogP contribution in [0.15, 0.2) is 24.3 Å². The summed E-state index contributed by atoms with van der Waals surface area (Å²) in [5.41, 5.74) is 1.27. The topological polar surface area (TPSA) is 15.3 Å². The van der Waals surface area contributed by atoms with Gasteiger partial charge in [-0.1, -0.05) is 37.6 Å². The molecule has 0 aromatic heterocycles. The molecule has 0 radical (unpaired) electrons. The summed E-state index contributed by atoms with van der Waals surface area (Å²) in [6.07, 6.45) is 2.39. The second-order valence-corrected chi connectivity index (χ2v) is 5.75. The van der Waals surface area contributed by atoms with Gasteiger partial charge in [0.15, 0.2) is 0 Å². The van der Waals surface area contributed by atoms with E-state index in [2.05, 4.69) is 44.1 Å². The van der Waals surface area contributed by atoms with E-state index in [1.807, 2.05) is 18.2 Å². The number of nitrogens with one attached hydrogen (secondary N) is 1. The first-order chi connectivity index (χ1) is 9.06. The van der Waals surface area contributed by atoms with Crippen LogP contribution >= 0.6 is 11.6 Å². The lowest BCUT2D eigenvalue weighted by Gasteiger charge is -2.27.